The van der Waals surface area contributed by atoms with Gasteiger partial charge in [0.05, 0.1) is 6.04 Å². The molecule has 1 heterocycles. The third-order valence-corrected chi connectivity index (χ3v) is 4.58. The van der Waals surface area contributed by atoms with E-state index in [1.165, 1.54) is 51.5 Å². The Morgan fingerprint density at radius 2 is 1.62 bits per heavy atom. The molecule has 0 aromatic carbocycles. The van der Waals surface area contributed by atoms with E-state index in [1.54, 1.807) is 0 Å². The Hall–Kier alpha value is -0.810. The summed E-state index contributed by atoms with van der Waals surface area (Å²) in [5, 5.41) is 11.8. The molecule has 0 amide bonds. The van der Waals surface area contributed by atoms with E-state index < -0.39 is 0 Å². The maximum Gasteiger partial charge on any atom is 0.156 e. The highest BCUT2D eigenvalue weighted by Gasteiger charge is 2.22. The molecule has 0 aliphatic carbocycles. The van der Waals surface area contributed by atoms with Crippen LogP contribution in [0.4, 0.5) is 0 Å². The quantitative estimate of drug-likeness (QED) is 0.214. The minimum absolute atomic E-state index is 0.0377. The molecule has 5 nitrogen and oxygen atoms in total. The fourth-order valence-corrected chi connectivity index (χ4v) is 2.94. The Morgan fingerprint density at radius 1 is 1.05 bits per heavy atom. The molecular weight excluding hydrogens is 264 g/mol. The van der Waals surface area contributed by atoms with Gasteiger partial charge in [-0.1, -0.05) is 50.6 Å². The van der Waals surface area contributed by atoms with Crippen LogP contribution >= 0.6 is 0 Å². The molecule has 1 fully saturated rings. The van der Waals surface area contributed by atoms with E-state index in [0.29, 0.717) is 5.84 Å². The monoisotopic (exact) mass is 298 g/mol. The second kappa shape index (κ2) is 10.9. The Kier molecular flexibility index (Phi) is 9.42. The molecule has 5 heteroatoms. The standard InChI is InChI=1S/C16H34N4O/c1-3-4-5-6-7-8-9-10-19-11-13-20(14-12-19)15(2)16(17)18-21/h15,21H,3-14H2,1-2H3,(H2,17,18). The SMILES string of the molecule is CCCCCCCCCN1CCN(C(C)C(N)=NO)CC1. The molecule has 0 saturated carbocycles. The summed E-state index contributed by atoms with van der Waals surface area (Å²) in [4.78, 5) is 4.83. The van der Waals surface area contributed by atoms with Gasteiger partial charge in [-0.2, -0.15) is 0 Å². The Balaban J connectivity index is 2.05. The van der Waals surface area contributed by atoms with E-state index in [2.05, 4.69) is 21.9 Å². The van der Waals surface area contributed by atoms with Crippen LogP contribution in [0.2, 0.25) is 0 Å². The average molecular weight is 298 g/mol. The van der Waals surface area contributed by atoms with Gasteiger partial charge in [0.2, 0.25) is 0 Å². The van der Waals surface area contributed by atoms with Crippen molar-refractivity contribution in [3.8, 4) is 0 Å². The summed E-state index contributed by atoms with van der Waals surface area (Å²) in [5.41, 5.74) is 5.67. The molecule has 1 rings (SSSR count). The summed E-state index contributed by atoms with van der Waals surface area (Å²) in [6.07, 6.45) is 9.60. The van der Waals surface area contributed by atoms with Crippen LogP contribution in [0, 0.1) is 0 Å². The third-order valence-electron chi connectivity index (χ3n) is 4.58. The second-order valence-corrected chi connectivity index (χ2v) is 6.20. The lowest BCUT2D eigenvalue weighted by atomic mass is 10.1. The predicted molar refractivity (Wildman–Crippen MR) is 88.9 cm³/mol. The highest BCUT2D eigenvalue weighted by atomic mass is 16.4. The van der Waals surface area contributed by atoms with Gasteiger partial charge in [-0.15, -0.1) is 0 Å². The Morgan fingerprint density at radius 3 is 2.19 bits per heavy atom. The van der Waals surface area contributed by atoms with Crippen LogP contribution in [0.3, 0.4) is 0 Å². The molecule has 124 valence electrons. The van der Waals surface area contributed by atoms with Crippen LogP contribution in [0.1, 0.15) is 58.8 Å². The predicted octanol–water partition coefficient (Wildman–Crippen LogP) is 2.49. The molecule has 0 aromatic heterocycles. The van der Waals surface area contributed by atoms with Crippen molar-refractivity contribution in [3.05, 3.63) is 0 Å². The van der Waals surface area contributed by atoms with Crippen LogP contribution in [0.15, 0.2) is 5.16 Å². The molecule has 3 N–H and O–H groups in total. The highest BCUT2D eigenvalue weighted by molar-refractivity contribution is 5.84. The first-order valence-electron chi connectivity index (χ1n) is 8.62. The first-order chi connectivity index (χ1) is 10.2. The lowest BCUT2D eigenvalue weighted by Gasteiger charge is -2.37. The third kappa shape index (κ3) is 7.14. The lowest BCUT2D eigenvalue weighted by Crippen LogP contribution is -2.53. The minimum atomic E-state index is 0.0377. The maximum absolute atomic E-state index is 8.73. The Labute approximate surface area is 130 Å². The van der Waals surface area contributed by atoms with Gasteiger partial charge in [-0.25, -0.2) is 0 Å². The summed E-state index contributed by atoms with van der Waals surface area (Å²) < 4.78 is 0. The summed E-state index contributed by atoms with van der Waals surface area (Å²) in [6.45, 7) is 9.70. The summed E-state index contributed by atoms with van der Waals surface area (Å²) >= 11 is 0. The second-order valence-electron chi connectivity index (χ2n) is 6.20. The van der Waals surface area contributed by atoms with E-state index in [1.807, 2.05) is 6.92 Å². The van der Waals surface area contributed by atoms with E-state index >= 15 is 0 Å². The number of rotatable bonds is 10. The van der Waals surface area contributed by atoms with Crippen molar-refractivity contribution in [1.82, 2.24) is 9.80 Å². The number of hydrogen-bond donors (Lipinski definition) is 2. The molecule has 1 unspecified atom stereocenters. The van der Waals surface area contributed by atoms with E-state index in [-0.39, 0.29) is 6.04 Å². The first-order valence-corrected chi connectivity index (χ1v) is 8.62. The van der Waals surface area contributed by atoms with Gasteiger partial charge in [0.1, 0.15) is 0 Å². The zero-order chi connectivity index (χ0) is 15.5. The van der Waals surface area contributed by atoms with Gasteiger partial charge in [-0.3, -0.25) is 4.90 Å². The molecule has 21 heavy (non-hydrogen) atoms. The summed E-state index contributed by atoms with van der Waals surface area (Å²) in [7, 11) is 0. The minimum Gasteiger partial charge on any atom is -0.409 e. The van der Waals surface area contributed by atoms with Gasteiger partial charge < -0.3 is 15.8 Å². The largest absolute Gasteiger partial charge is 0.409 e. The fraction of sp³-hybridized carbons (Fsp3) is 0.938. The van der Waals surface area contributed by atoms with Crippen LogP contribution in [0.25, 0.3) is 0 Å². The lowest BCUT2D eigenvalue weighted by molar-refractivity contribution is 0.119. The number of oxime groups is 1. The zero-order valence-corrected chi connectivity index (χ0v) is 13.9. The topological polar surface area (TPSA) is 65.1 Å². The molecule has 0 bridgehead atoms. The van der Waals surface area contributed by atoms with Crippen LogP contribution in [-0.2, 0) is 0 Å². The first kappa shape index (κ1) is 18.2. The Bertz CT molecular complexity index is 288. The number of unbranched alkanes of at least 4 members (excludes halogenated alkanes) is 6. The average Bonchev–Trinajstić information content (AvgIpc) is 2.53. The molecule has 1 atom stereocenters. The van der Waals surface area contributed by atoms with Crippen molar-refractivity contribution >= 4 is 5.84 Å². The van der Waals surface area contributed by atoms with Crippen LogP contribution in [0.5, 0.6) is 0 Å². The van der Waals surface area contributed by atoms with Crippen molar-refractivity contribution < 1.29 is 5.21 Å². The molecule has 0 aromatic rings. The molecule has 0 radical (unpaired) electrons. The number of nitrogens with zero attached hydrogens (tertiary/aromatic N) is 3. The fourth-order valence-electron chi connectivity index (χ4n) is 2.94. The van der Waals surface area contributed by atoms with Crippen molar-refractivity contribution in [1.29, 1.82) is 0 Å². The number of amidine groups is 1. The number of piperazine rings is 1. The van der Waals surface area contributed by atoms with Crippen LogP contribution in [-0.4, -0.2) is 59.6 Å². The van der Waals surface area contributed by atoms with Crippen molar-refractivity contribution in [2.24, 2.45) is 10.9 Å². The van der Waals surface area contributed by atoms with E-state index in [9.17, 15) is 0 Å². The van der Waals surface area contributed by atoms with Gasteiger partial charge in [0, 0.05) is 26.2 Å². The number of hydrogen-bond acceptors (Lipinski definition) is 4. The highest BCUT2D eigenvalue weighted by Crippen LogP contribution is 2.10. The summed E-state index contributed by atoms with van der Waals surface area (Å²) in [5.74, 6) is 0.315. The molecule has 1 aliphatic rings. The summed E-state index contributed by atoms with van der Waals surface area (Å²) in [6, 6.07) is 0.0377. The van der Waals surface area contributed by atoms with E-state index in [4.69, 9.17) is 10.9 Å². The van der Waals surface area contributed by atoms with Crippen molar-refractivity contribution in [2.75, 3.05) is 32.7 Å². The van der Waals surface area contributed by atoms with Gasteiger partial charge in [0.25, 0.3) is 0 Å². The smallest absolute Gasteiger partial charge is 0.156 e. The van der Waals surface area contributed by atoms with E-state index in [0.717, 1.165) is 26.2 Å². The molecular formula is C16H34N4O. The van der Waals surface area contributed by atoms with Gasteiger partial charge in [-0.05, 0) is 19.9 Å². The van der Waals surface area contributed by atoms with Crippen molar-refractivity contribution in [2.45, 2.75) is 64.8 Å². The molecule has 0 spiro atoms. The molecule has 1 aliphatic heterocycles. The molecule has 1 saturated heterocycles. The van der Waals surface area contributed by atoms with Crippen molar-refractivity contribution in [3.63, 3.8) is 0 Å². The van der Waals surface area contributed by atoms with Gasteiger partial charge >= 0.3 is 0 Å². The zero-order valence-electron chi connectivity index (χ0n) is 13.9. The van der Waals surface area contributed by atoms with Crippen LogP contribution < -0.4 is 5.73 Å². The number of nitrogens with two attached hydrogens (primary N) is 1. The maximum atomic E-state index is 8.73. The normalized spacial score (nSPS) is 19.8. The van der Waals surface area contributed by atoms with Gasteiger partial charge in [0.15, 0.2) is 5.84 Å².